The molecule has 116 valence electrons. The van der Waals surface area contributed by atoms with E-state index >= 15 is 0 Å². The van der Waals surface area contributed by atoms with E-state index in [-0.39, 0.29) is 11.4 Å². The zero-order chi connectivity index (χ0) is 16.7. The molecule has 0 saturated heterocycles. The summed E-state index contributed by atoms with van der Waals surface area (Å²) in [4.78, 5) is 22.8. The largest absolute Gasteiger partial charge is 0.479 e. The molecule has 0 bridgehead atoms. The van der Waals surface area contributed by atoms with Crippen molar-refractivity contribution in [3.05, 3.63) is 29.5 Å². The molecule has 4 N–H and O–H groups in total. The highest BCUT2D eigenvalue weighted by atomic mass is 16.4. The second-order valence-electron chi connectivity index (χ2n) is 5.44. The predicted molar refractivity (Wildman–Crippen MR) is 78.5 cm³/mol. The van der Waals surface area contributed by atoms with Crippen LogP contribution in [0.1, 0.15) is 29.9 Å². The van der Waals surface area contributed by atoms with Gasteiger partial charge in [0.15, 0.2) is 11.2 Å². The van der Waals surface area contributed by atoms with Crippen LogP contribution >= 0.6 is 0 Å². The molecular weight excluding hydrogens is 288 g/mol. The number of hydrogen-bond acceptors (Lipinski definition) is 5. The summed E-state index contributed by atoms with van der Waals surface area (Å²) in [6, 6.07) is 4.96. The Morgan fingerprint density at radius 3 is 2.41 bits per heavy atom. The maximum absolute atomic E-state index is 11.4. The first-order chi connectivity index (χ1) is 10.2. The Morgan fingerprint density at radius 2 is 1.91 bits per heavy atom. The second kappa shape index (κ2) is 5.14. The third-order valence-electron chi connectivity index (χ3n) is 3.48. The first-order valence-corrected chi connectivity index (χ1v) is 6.45. The number of aryl methyl sites for hydroxylation is 1. The van der Waals surface area contributed by atoms with Crippen LogP contribution in [0.4, 0.5) is 5.69 Å². The third kappa shape index (κ3) is 2.39. The number of aromatic nitrogens is 3. The number of aromatic carboxylic acids is 1. The van der Waals surface area contributed by atoms with Gasteiger partial charge in [0.2, 0.25) is 0 Å². The molecule has 0 aliphatic rings. The van der Waals surface area contributed by atoms with Gasteiger partial charge in [0.25, 0.3) is 0 Å². The number of nitrogens with two attached hydrogens (primary N) is 1. The zero-order valence-electron chi connectivity index (χ0n) is 12.4. The normalized spacial score (nSPS) is 11.4. The SMILES string of the molecule is Cc1ccc(-c2c(C(=O)O)nnn2C(C)(C)C(=O)O)cc1N. The standard InChI is InChI=1S/C14H16N4O4/c1-7-4-5-8(6-9(7)15)11-10(12(19)20)16-17-18(11)14(2,3)13(21)22/h4-6H,15H2,1-3H3,(H,19,20)(H,21,22). The van der Waals surface area contributed by atoms with Gasteiger partial charge in [0.05, 0.1) is 0 Å². The molecule has 0 saturated carbocycles. The number of hydrogen-bond donors (Lipinski definition) is 3. The van der Waals surface area contributed by atoms with E-state index in [0.717, 1.165) is 10.2 Å². The van der Waals surface area contributed by atoms with Crippen LogP contribution in [0.3, 0.4) is 0 Å². The summed E-state index contributed by atoms with van der Waals surface area (Å²) < 4.78 is 1.09. The van der Waals surface area contributed by atoms with Gasteiger partial charge in [-0.2, -0.15) is 0 Å². The van der Waals surface area contributed by atoms with Crippen molar-refractivity contribution in [3.63, 3.8) is 0 Å². The summed E-state index contributed by atoms with van der Waals surface area (Å²) in [6.07, 6.45) is 0. The van der Waals surface area contributed by atoms with E-state index in [9.17, 15) is 19.8 Å². The summed E-state index contributed by atoms with van der Waals surface area (Å²) in [5, 5.41) is 26.0. The highest BCUT2D eigenvalue weighted by Crippen LogP contribution is 2.30. The highest BCUT2D eigenvalue weighted by molar-refractivity contribution is 5.93. The van der Waals surface area contributed by atoms with Crippen molar-refractivity contribution in [1.82, 2.24) is 15.0 Å². The van der Waals surface area contributed by atoms with Crippen molar-refractivity contribution in [1.29, 1.82) is 0 Å². The molecule has 0 radical (unpaired) electrons. The molecule has 22 heavy (non-hydrogen) atoms. The summed E-state index contributed by atoms with van der Waals surface area (Å²) in [5.74, 6) is -2.45. The lowest BCUT2D eigenvalue weighted by atomic mass is 10.0. The van der Waals surface area contributed by atoms with Gasteiger partial charge in [-0.25, -0.2) is 14.3 Å². The number of nitrogens with zero attached hydrogens (tertiary/aromatic N) is 3. The van der Waals surface area contributed by atoms with E-state index in [4.69, 9.17) is 5.73 Å². The van der Waals surface area contributed by atoms with Crippen molar-refractivity contribution < 1.29 is 19.8 Å². The lowest BCUT2D eigenvalue weighted by Gasteiger charge is -2.22. The van der Waals surface area contributed by atoms with Crippen molar-refractivity contribution in [2.45, 2.75) is 26.3 Å². The molecule has 1 heterocycles. The van der Waals surface area contributed by atoms with Gasteiger partial charge in [-0.3, -0.25) is 0 Å². The van der Waals surface area contributed by atoms with Crippen molar-refractivity contribution in [2.75, 3.05) is 5.73 Å². The first kappa shape index (κ1) is 15.5. The Hall–Kier alpha value is -2.90. The third-order valence-corrected chi connectivity index (χ3v) is 3.48. The van der Waals surface area contributed by atoms with Gasteiger partial charge in [-0.1, -0.05) is 17.3 Å². The van der Waals surface area contributed by atoms with Crippen LogP contribution in [-0.4, -0.2) is 37.1 Å². The number of carbonyl (C=O) groups is 2. The Labute approximate surface area is 126 Å². The smallest absolute Gasteiger partial charge is 0.358 e. The number of aliphatic carboxylic acids is 1. The highest BCUT2D eigenvalue weighted by Gasteiger charge is 2.36. The van der Waals surface area contributed by atoms with Crippen molar-refractivity contribution in [3.8, 4) is 11.3 Å². The van der Waals surface area contributed by atoms with E-state index in [0.29, 0.717) is 11.3 Å². The van der Waals surface area contributed by atoms with Gasteiger partial charge in [-0.15, -0.1) is 5.10 Å². The van der Waals surface area contributed by atoms with E-state index in [2.05, 4.69) is 10.3 Å². The van der Waals surface area contributed by atoms with Crippen molar-refractivity contribution in [2.24, 2.45) is 0 Å². The second-order valence-corrected chi connectivity index (χ2v) is 5.44. The molecule has 0 unspecified atom stereocenters. The van der Waals surface area contributed by atoms with E-state index in [1.54, 1.807) is 18.2 Å². The maximum atomic E-state index is 11.4. The Balaban J connectivity index is 2.76. The van der Waals surface area contributed by atoms with Gasteiger partial charge < -0.3 is 15.9 Å². The number of carboxylic acids is 2. The average Bonchev–Trinajstić information content (AvgIpc) is 2.87. The van der Waals surface area contributed by atoms with Crippen LogP contribution in [0.2, 0.25) is 0 Å². The average molecular weight is 304 g/mol. The van der Waals surface area contributed by atoms with Crippen LogP contribution in [0.25, 0.3) is 11.3 Å². The molecule has 0 spiro atoms. The lowest BCUT2D eigenvalue weighted by Crippen LogP contribution is -2.37. The summed E-state index contributed by atoms with van der Waals surface area (Å²) in [6.45, 7) is 4.64. The monoisotopic (exact) mass is 304 g/mol. The minimum atomic E-state index is -1.46. The number of nitrogen functional groups attached to an aromatic ring is 1. The molecule has 0 fully saturated rings. The van der Waals surface area contributed by atoms with Crippen molar-refractivity contribution >= 4 is 17.6 Å². The molecule has 0 amide bonds. The molecule has 2 aromatic rings. The molecule has 0 atom stereocenters. The zero-order valence-corrected chi connectivity index (χ0v) is 12.4. The summed E-state index contributed by atoms with van der Waals surface area (Å²) in [7, 11) is 0. The maximum Gasteiger partial charge on any atom is 0.358 e. The summed E-state index contributed by atoms with van der Waals surface area (Å²) >= 11 is 0. The Bertz CT molecular complexity index is 764. The Kier molecular flexibility index (Phi) is 3.62. The molecule has 2 rings (SSSR count). The minimum absolute atomic E-state index is 0.103. The minimum Gasteiger partial charge on any atom is -0.479 e. The van der Waals surface area contributed by atoms with Gasteiger partial charge in [-0.05, 0) is 32.4 Å². The van der Waals surface area contributed by atoms with Gasteiger partial charge in [0, 0.05) is 11.3 Å². The fourth-order valence-corrected chi connectivity index (χ4v) is 1.95. The number of anilines is 1. The van der Waals surface area contributed by atoms with Crippen LogP contribution in [-0.2, 0) is 10.3 Å². The molecule has 8 nitrogen and oxygen atoms in total. The van der Waals surface area contributed by atoms with Crippen LogP contribution < -0.4 is 5.73 Å². The molecule has 0 aliphatic heterocycles. The van der Waals surface area contributed by atoms with E-state index in [1.165, 1.54) is 13.8 Å². The molecule has 1 aromatic heterocycles. The fourth-order valence-electron chi connectivity index (χ4n) is 1.95. The molecule has 0 aliphatic carbocycles. The quantitative estimate of drug-likeness (QED) is 0.726. The van der Waals surface area contributed by atoms with Gasteiger partial charge >= 0.3 is 11.9 Å². The van der Waals surface area contributed by atoms with Crippen LogP contribution in [0.15, 0.2) is 18.2 Å². The summed E-state index contributed by atoms with van der Waals surface area (Å²) in [5.41, 5.74) is 5.92. The first-order valence-electron chi connectivity index (χ1n) is 6.45. The van der Waals surface area contributed by atoms with E-state index in [1.807, 2.05) is 6.92 Å². The molecular formula is C14H16N4O4. The number of benzene rings is 1. The topological polar surface area (TPSA) is 131 Å². The van der Waals surface area contributed by atoms with Crippen LogP contribution in [0.5, 0.6) is 0 Å². The fraction of sp³-hybridized carbons (Fsp3) is 0.286. The molecule has 1 aromatic carbocycles. The number of carboxylic acid groups (broad SMARTS) is 2. The van der Waals surface area contributed by atoms with E-state index < -0.39 is 17.5 Å². The Morgan fingerprint density at radius 1 is 1.27 bits per heavy atom. The predicted octanol–water partition coefficient (Wildman–Crippen LogP) is 1.35. The lowest BCUT2D eigenvalue weighted by molar-refractivity contribution is -0.146. The molecule has 8 heteroatoms. The van der Waals surface area contributed by atoms with Gasteiger partial charge in [0.1, 0.15) is 5.69 Å². The van der Waals surface area contributed by atoms with Crippen LogP contribution in [0, 0.1) is 6.92 Å². The number of rotatable bonds is 4.